The molecular weight excluding hydrogens is 408 g/mol. The molecule has 0 aliphatic rings. The van der Waals surface area contributed by atoms with Gasteiger partial charge in [-0.25, -0.2) is 0 Å². The summed E-state index contributed by atoms with van der Waals surface area (Å²) in [7, 11) is 3.35. The molecule has 0 saturated carbocycles. The van der Waals surface area contributed by atoms with Crippen LogP contribution in [-0.4, -0.2) is 51.4 Å². The molecule has 0 heterocycles. The first kappa shape index (κ1) is 24.6. The quantitative estimate of drug-likeness (QED) is 0.282. The Morgan fingerprint density at radius 3 is 2.71 bits per heavy atom. The highest BCUT2D eigenvalue weighted by Gasteiger charge is 2.08. The fraction of sp³-hybridized carbons (Fsp3) is 0.417. The molecule has 0 aliphatic carbocycles. The number of amides is 1. The zero-order valence-corrected chi connectivity index (χ0v) is 19.7. The van der Waals surface area contributed by atoms with E-state index in [1.165, 1.54) is 0 Å². The Morgan fingerprint density at radius 1 is 1.16 bits per heavy atom. The van der Waals surface area contributed by atoms with Gasteiger partial charge in [-0.3, -0.25) is 9.79 Å². The van der Waals surface area contributed by atoms with Crippen LogP contribution in [0.5, 0.6) is 5.75 Å². The first-order chi connectivity index (χ1) is 15.1. The van der Waals surface area contributed by atoms with Crippen LogP contribution in [0.3, 0.4) is 0 Å². The number of hydrogen-bond acceptors (Lipinski definition) is 4. The molecule has 7 heteroatoms. The smallest absolute Gasteiger partial charge is 0.251 e. The lowest BCUT2D eigenvalue weighted by Crippen LogP contribution is -2.38. The van der Waals surface area contributed by atoms with Crippen LogP contribution in [0.4, 0.5) is 0 Å². The zero-order valence-electron chi connectivity index (χ0n) is 18.9. The van der Waals surface area contributed by atoms with Crippen LogP contribution in [0.2, 0.25) is 0 Å². The molecule has 31 heavy (non-hydrogen) atoms. The van der Waals surface area contributed by atoms with Gasteiger partial charge >= 0.3 is 0 Å². The van der Waals surface area contributed by atoms with Crippen molar-refractivity contribution in [3.05, 3.63) is 59.7 Å². The highest BCUT2D eigenvalue weighted by molar-refractivity contribution is 7.99. The second-order valence-electron chi connectivity index (χ2n) is 7.24. The van der Waals surface area contributed by atoms with Crippen LogP contribution in [0.15, 0.2) is 58.4 Å². The minimum absolute atomic E-state index is 0.0651. The van der Waals surface area contributed by atoms with Crippen molar-refractivity contribution >= 4 is 23.6 Å². The molecule has 168 valence electrons. The molecule has 0 bridgehead atoms. The Hall–Kier alpha value is -2.67. The average Bonchev–Trinajstić information content (AvgIpc) is 2.81. The normalized spacial score (nSPS) is 12.2. The maximum absolute atomic E-state index is 11.8. The summed E-state index contributed by atoms with van der Waals surface area (Å²) in [4.78, 5) is 17.7. The van der Waals surface area contributed by atoms with Crippen LogP contribution in [0.25, 0.3) is 0 Å². The molecule has 0 spiro atoms. The Labute approximate surface area is 190 Å². The molecular formula is C24H34N4O2S. The summed E-state index contributed by atoms with van der Waals surface area (Å²) < 4.78 is 5.42. The summed E-state index contributed by atoms with van der Waals surface area (Å²) in [6, 6.07) is 15.8. The topological polar surface area (TPSA) is 74.8 Å². The highest BCUT2D eigenvalue weighted by Crippen LogP contribution is 2.29. The number of thioether (sulfide) groups is 1. The lowest BCUT2D eigenvalue weighted by atomic mass is 10.1. The van der Waals surface area contributed by atoms with Crippen LogP contribution in [0.1, 0.15) is 29.8 Å². The van der Waals surface area contributed by atoms with Crippen molar-refractivity contribution < 1.29 is 9.53 Å². The number of aliphatic imine (C=N–C) groups is 1. The predicted molar refractivity (Wildman–Crippen MR) is 130 cm³/mol. The van der Waals surface area contributed by atoms with E-state index >= 15 is 0 Å². The Bertz CT molecular complexity index is 857. The van der Waals surface area contributed by atoms with Gasteiger partial charge in [0.25, 0.3) is 5.91 Å². The van der Waals surface area contributed by atoms with Gasteiger partial charge in [-0.2, -0.15) is 0 Å². The van der Waals surface area contributed by atoms with Crippen LogP contribution in [-0.2, 0) is 6.42 Å². The van der Waals surface area contributed by atoms with Gasteiger partial charge in [0.1, 0.15) is 5.75 Å². The van der Waals surface area contributed by atoms with Gasteiger partial charge in [-0.15, -0.1) is 11.8 Å². The fourth-order valence-corrected chi connectivity index (χ4v) is 3.99. The SMILES string of the molecule is CCNC(=NCC(C)CSc1ccccc1OC)NCCc1cccc(C(=O)NC)c1. The van der Waals surface area contributed by atoms with Gasteiger partial charge in [0.05, 0.1) is 7.11 Å². The Kier molecular flexibility index (Phi) is 10.8. The summed E-state index contributed by atoms with van der Waals surface area (Å²) in [5.41, 5.74) is 1.80. The van der Waals surface area contributed by atoms with E-state index in [0.29, 0.717) is 11.5 Å². The highest BCUT2D eigenvalue weighted by atomic mass is 32.2. The summed E-state index contributed by atoms with van der Waals surface area (Å²) in [5, 5.41) is 9.36. The van der Waals surface area contributed by atoms with Gasteiger partial charge in [0, 0.05) is 42.9 Å². The predicted octanol–water partition coefficient (Wildman–Crippen LogP) is 3.58. The third kappa shape index (κ3) is 8.53. The number of benzene rings is 2. The largest absolute Gasteiger partial charge is 0.496 e. The van der Waals surface area contributed by atoms with E-state index < -0.39 is 0 Å². The molecule has 2 rings (SSSR count). The molecule has 3 N–H and O–H groups in total. The van der Waals surface area contributed by atoms with Gasteiger partial charge in [-0.1, -0.05) is 31.2 Å². The van der Waals surface area contributed by atoms with Gasteiger partial charge in [0.2, 0.25) is 0 Å². The van der Waals surface area contributed by atoms with Crippen molar-refractivity contribution in [1.29, 1.82) is 0 Å². The first-order valence-corrected chi connectivity index (χ1v) is 11.6. The van der Waals surface area contributed by atoms with Crippen molar-refractivity contribution in [3.63, 3.8) is 0 Å². The molecule has 0 aromatic heterocycles. The summed E-state index contributed by atoms with van der Waals surface area (Å²) in [6.45, 7) is 6.56. The Morgan fingerprint density at radius 2 is 1.97 bits per heavy atom. The molecule has 2 aromatic rings. The molecule has 0 radical (unpaired) electrons. The monoisotopic (exact) mass is 442 g/mol. The maximum Gasteiger partial charge on any atom is 0.251 e. The third-order valence-electron chi connectivity index (χ3n) is 4.62. The zero-order chi connectivity index (χ0) is 22.5. The van der Waals surface area contributed by atoms with E-state index in [1.54, 1.807) is 25.9 Å². The number of carbonyl (C=O) groups is 1. The summed E-state index contributed by atoms with van der Waals surface area (Å²) >= 11 is 1.80. The average molecular weight is 443 g/mol. The van der Waals surface area contributed by atoms with E-state index in [1.807, 2.05) is 42.5 Å². The second kappa shape index (κ2) is 13.6. The van der Waals surface area contributed by atoms with Crippen LogP contribution in [0, 0.1) is 5.92 Å². The molecule has 1 amide bonds. The van der Waals surface area contributed by atoms with Crippen LogP contribution < -0.4 is 20.7 Å². The number of para-hydroxylation sites is 1. The molecule has 1 unspecified atom stereocenters. The van der Waals surface area contributed by atoms with Crippen molar-refractivity contribution in [2.75, 3.05) is 39.5 Å². The van der Waals surface area contributed by atoms with Crippen molar-refractivity contribution in [1.82, 2.24) is 16.0 Å². The van der Waals surface area contributed by atoms with Crippen molar-refractivity contribution in [2.24, 2.45) is 10.9 Å². The minimum atomic E-state index is -0.0651. The number of methoxy groups -OCH3 is 1. The molecule has 1 atom stereocenters. The van der Waals surface area contributed by atoms with E-state index in [2.05, 4.69) is 35.9 Å². The van der Waals surface area contributed by atoms with E-state index in [4.69, 9.17) is 9.73 Å². The Balaban J connectivity index is 1.83. The molecule has 2 aromatic carbocycles. The first-order valence-electron chi connectivity index (χ1n) is 10.7. The van der Waals surface area contributed by atoms with Crippen molar-refractivity contribution in [2.45, 2.75) is 25.2 Å². The number of hydrogen-bond donors (Lipinski definition) is 3. The number of nitrogens with zero attached hydrogens (tertiary/aromatic N) is 1. The number of rotatable bonds is 11. The number of carbonyl (C=O) groups excluding carboxylic acids is 1. The van der Waals surface area contributed by atoms with Gasteiger partial charge in [-0.05, 0) is 49.1 Å². The minimum Gasteiger partial charge on any atom is -0.496 e. The second-order valence-corrected chi connectivity index (χ2v) is 8.30. The summed E-state index contributed by atoms with van der Waals surface area (Å²) in [5.74, 6) is 3.06. The number of ether oxygens (including phenoxy) is 1. The fourth-order valence-electron chi connectivity index (χ4n) is 2.95. The van der Waals surface area contributed by atoms with E-state index in [9.17, 15) is 4.79 Å². The lowest BCUT2D eigenvalue weighted by Gasteiger charge is -2.14. The van der Waals surface area contributed by atoms with Crippen LogP contribution >= 0.6 is 11.8 Å². The van der Waals surface area contributed by atoms with Crippen molar-refractivity contribution in [3.8, 4) is 5.75 Å². The summed E-state index contributed by atoms with van der Waals surface area (Å²) in [6.07, 6.45) is 0.814. The van der Waals surface area contributed by atoms with E-state index in [-0.39, 0.29) is 5.91 Å². The number of nitrogens with one attached hydrogen (secondary N) is 3. The molecule has 0 saturated heterocycles. The lowest BCUT2D eigenvalue weighted by molar-refractivity contribution is 0.0963. The number of guanidine groups is 1. The van der Waals surface area contributed by atoms with E-state index in [0.717, 1.165) is 54.0 Å². The van der Waals surface area contributed by atoms with Gasteiger partial charge < -0.3 is 20.7 Å². The van der Waals surface area contributed by atoms with Gasteiger partial charge in [0.15, 0.2) is 5.96 Å². The standard InChI is InChI=1S/C24H34N4O2S/c1-5-26-24(27-14-13-19-9-8-10-20(15-19)23(29)25-3)28-16-18(2)17-31-22-12-7-6-11-21(22)30-4/h6-12,15,18H,5,13-14,16-17H2,1-4H3,(H,25,29)(H2,26,27,28). The molecule has 0 aliphatic heterocycles. The molecule has 6 nitrogen and oxygen atoms in total. The maximum atomic E-state index is 11.8. The molecule has 0 fully saturated rings. The third-order valence-corrected chi connectivity index (χ3v) is 6.00.